The lowest BCUT2D eigenvalue weighted by atomic mass is 9.93. The van der Waals surface area contributed by atoms with Crippen LogP contribution in [0.1, 0.15) is 25.8 Å². The molecule has 2 N–H and O–H groups in total. The van der Waals surface area contributed by atoms with Gasteiger partial charge >= 0.3 is 0 Å². The fraction of sp³-hybridized carbons (Fsp3) is 0.400. The molecule has 106 valence electrons. The van der Waals surface area contributed by atoms with E-state index in [1.54, 1.807) is 0 Å². The zero-order valence-corrected chi connectivity index (χ0v) is 13.1. The molecule has 1 aromatic carbocycles. The number of amides is 1. The fourth-order valence-electron chi connectivity index (χ4n) is 2.97. The van der Waals surface area contributed by atoms with Crippen LogP contribution < -0.4 is 10.2 Å². The average molecular weight is 337 g/mol. The Balaban J connectivity index is 2.08. The number of rotatable bonds is 2. The first kappa shape index (κ1) is 13.6. The Hall–Kier alpha value is -1.33. The van der Waals surface area contributed by atoms with Crippen molar-refractivity contribution < 1.29 is 9.90 Å². The minimum Gasteiger partial charge on any atom is -0.380 e. The number of fused-ring (bicyclic) bond motifs is 3. The number of carbonyl (C=O) groups excluding carboxylic acids is 1. The summed E-state index contributed by atoms with van der Waals surface area (Å²) in [6.07, 6.45) is 1.84. The number of aliphatic hydroxyl groups is 1. The Labute approximate surface area is 126 Å². The summed E-state index contributed by atoms with van der Waals surface area (Å²) >= 11 is 3.47. The SMILES string of the molecule is CC(C)=CCN1c2cc(Br)ccc2[C@]2(O)CC(=O)N[C@H]12. The Morgan fingerprint density at radius 1 is 1.60 bits per heavy atom. The molecule has 2 atom stereocenters. The zero-order chi connectivity index (χ0) is 14.5. The summed E-state index contributed by atoms with van der Waals surface area (Å²) in [7, 11) is 0. The van der Waals surface area contributed by atoms with Crippen molar-refractivity contribution in [3.8, 4) is 0 Å². The summed E-state index contributed by atoms with van der Waals surface area (Å²) in [6, 6.07) is 5.80. The third kappa shape index (κ3) is 1.96. The number of hydrogen-bond acceptors (Lipinski definition) is 3. The monoisotopic (exact) mass is 336 g/mol. The molecule has 3 rings (SSSR count). The smallest absolute Gasteiger partial charge is 0.225 e. The van der Waals surface area contributed by atoms with Crippen molar-refractivity contribution in [3.05, 3.63) is 39.9 Å². The molecule has 2 aliphatic rings. The first-order chi connectivity index (χ1) is 9.41. The lowest BCUT2D eigenvalue weighted by Crippen LogP contribution is -2.48. The molecule has 0 bridgehead atoms. The van der Waals surface area contributed by atoms with Crippen LogP contribution in [0.3, 0.4) is 0 Å². The Morgan fingerprint density at radius 3 is 3.05 bits per heavy atom. The second-order valence-electron chi connectivity index (χ2n) is 5.67. The number of benzene rings is 1. The molecule has 20 heavy (non-hydrogen) atoms. The molecular weight excluding hydrogens is 320 g/mol. The fourth-order valence-corrected chi connectivity index (χ4v) is 3.32. The Kier molecular flexibility index (Phi) is 3.14. The van der Waals surface area contributed by atoms with Gasteiger partial charge in [-0.1, -0.05) is 33.6 Å². The number of anilines is 1. The highest BCUT2D eigenvalue weighted by Crippen LogP contribution is 2.48. The number of nitrogens with one attached hydrogen (secondary N) is 1. The predicted molar refractivity (Wildman–Crippen MR) is 81.4 cm³/mol. The van der Waals surface area contributed by atoms with Crippen LogP contribution in [-0.2, 0) is 10.4 Å². The van der Waals surface area contributed by atoms with Crippen molar-refractivity contribution in [1.29, 1.82) is 0 Å². The molecule has 0 aromatic heterocycles. The van der Waals surface area contributed by atoms with Crippen molar-refractivity contribution >= 4 is 27.5 Å². The van der Waals surface area contributed by atoms with Gasteiger partial charge in [0.25, 0.3) is 0 Å². The number of carbonyl (C=O) groups is 1. The number of nitrogens with zero attached hydrogens (tertiary/aromatic N) is 1. The molecule has 1 saturated heterocycles. The van der Waals surface area contributed by atoms with Gasteiger partial charge in [0.1, 0.15) is 11.8 Å². The van der Waals surface area contributed by atoms with E-state index in [0.29, 0.717) is 6.54 Å². The lowest BCUT2D eigenvalue weighted by Gasteiger charge is -2.28. The van der Waals surface area contributed by atoms with E-state index in [-0.39, 0.29) is 18.5 Å². The standard InChI is InChI=1S/C15H17BrN2O2/c1-9(2)5-6-18-12-7-10(16)3-4-11(12)15(20)8-13(19)17-14(15)18/h3-5,7,14,20H,6,8H2,1-2H3,(H,17,19)/t14-,15-/m1/s1. The summed E-state index contributed by atoms with van der Waals surface area (Å²) < 4.78 is 0.966. The van der Waals surface area contributed by atoms with Crippen molar-refractivity contribution in [1.82, 2.24) is 5.32 Å². The Morgan fingerprint density at radius 2 is 2.35 bits per heavy atom. The van der Waals surface area contributed by atoms with Gasteiger partial charge < -0.3 is 15.3 Å². The van der Waals surface area contributed by atoms with Crippen molar-refractivity contribution in [3.63, 3.8) is 0 Å². The molecule has 1 amide bonds. The Bertz CT molecular complexity index is 610. The molecule has 2 aliphatic heterocycles. The number of halogens is 1. The first-order valence-electron chi connectivity index (χ1n) is 6.63. The van der Waals surface area contributed by atoms with Crippen LogP contribution >= 0.6 is 15.9 Å². The molecule has 0 aliphatic carbocycles. The summed E-state index contributed by atoms with van der Waals surface area (Å²) in [5.41, 5.74) is 1.89. The number of hydrogen-bond donors (Lipinski definition) is 2. The highest BCUT2D eigenvalue weighted by Gasteiger charge is 2.55. The van der Waals surface area contributed by atoms with Gasteiger partial charge in [-0.15, -0.1) is 0 Å². The largest absolute Gasteiger partial charge is 0.380 e. The molecule has 0 unspecified atom stereocenters. The van der Waals surface area contributed by atoms with Gasteiger partial charge in [0.05, 0.1) is 6.42 Å². The third-order valence-corrected chi connectivity index (χ3v) is 4.42. The third-order valence-electron chi connectivity index (χ3n) is 3.92. The van der Waals surface area contributed by atoms with Crippen molar-refractivity contribution in [2.24, 2.45) is 0 Å². The molecule has 0 radical (unpaired) electrons. The summed E-state index contributed by atoms with van der Waals surface area (Å²) in [5.74, 6) is -0.103. The second kappa shape index (κ2) is 4.60. The maximum Gasteiger partial charge on any atom is 0.225 e. The van der Waals surface area contributed by atoms with E-state index in [9.17, 15) is 9.90 Å². The van der Waals surface area contributed by atoms with Crippen LogP contribution in [0, 0.1) is 0 Å². The van der Waals surface area contributed by atoms with Gasteiger partial charge in [-0.05, 0) is 26.0 Å². The lowest BCUT2D eigenvalue weighted by molar-refractivity contribution is -0.120. The number of allylic oxidation sites excluding steroid dienone is 1. The average Bonchev–Trinajstić information content (AvgIpc) is 2.75. The van der Waals surface area contributed by atoms with E-state index in [2.05, 4.69) is 32.2 Å². The van der Waals surface area contributed by atoms with Crippen LogP contribution in [0.15, 0.2) is 34.3 Å². The van der Waals surface area contributed by atoms with E-state index in [1.807, 2.05) is 32.0 Å². The van der Waals surface area contributed by atoms with Gasteiger partial charge in [-0.2, -0.15) is 0 Å². The predicted octanol–water partition coefficient (Wildman–Crippen LogP) is 2.27. The van der Waals surface area contributed by atoms with Crippen LogP contribution in [0.25, 0.3) is 0 Å². The quantitative estimate of drug-likeness (QED) is 0.814. The maximum atomic E-state index is 11.7. The van der Waals surface area contributed by atoms with Gasteiger partial charge in [-0.25, -0.2) is 0 Å². The minimum atomic E-state index is -1.12. The molecule has 0 saturated carbocycles. The van der Waals surface area contributed by atoms with Gasteiger partial charge in [0.15, 0.2) is 0 Å². The molecule has 1 fully saturated rings. The summed E-state index contributed by atoms with van der Waals surface area (Å²) in [6.45, 7) is 4.74. The highest BCUT2D eigenvalue weighted by atomic mass is 79.9. The maximum absolute atomic E-state index is 11.7. The summed E-state index contributed by atoms with van der Waals surface area (Å²) in [5, 5.41) is 13.8. The van der Waals surface area contributed by atoms with Crippen LogP contribution in [0.5, 0.6) is 0 Å². The normalized spacial score (nSPS) is 27.1. The highest BCUT2D eigenvalue weighted by molar-refractivity contribution is 9.10. The van der Waals surface area contributed by atoms with E-state index in [4.69, 9.17) is 0 Å². The van der Waals surface area contributed by atoms with Crippen molar-refractivity contribution in [2.75, 3.05) is 11.4 Å². The zero-order valence-electron chi connectivity index (χ0n) is 11.5. The molecule has 1 aromatic rings. The van der Waals surface area contributed by atoms with Crippen LogP contribution in [0.2, 0.25) is 0 Å². The van der Waals surface area contributed by atoms with E-state index < -0.39 is 5.60 Å². The van der Waals surface area contributed by atoms with E-state index in [0.717, 1.165) is 15.7 Å². The second-order valence-corrected chi connectivity index (χ2v) is 6.58. The topological polar surface area (TPSA) is 52.6 Å². The van der Waals surface area contributed by atoms with Crippen molar-refractivity contribution in [2.45, 2.75) is 32.0 Å². The molecule has 4 nitrogen and oxygen atoms in total. The van der Waals surface area contributed by atoms with Gasteiger partial charge in [0, 0.05) is 22.3 Å². The van der Waals surface area contributed by atoms with Gasteiger partial charge in [-0.3, -0.25) is 4.79 Å². The molecule has 2 heterocycles. The molecule has 5 heteroatoms. The van der Waals surface area contributed by atoms with Crippen LogP contribution in [-0.4, -0.2) is 23.7 Å². The van der Waals surface area contributed by atoms with E-state index >= 15 is 0 Å². The van der Waals surface area contributed by atoms with Gasteiger partial charge in [0.2, 0.25) is 5.91 Å². The minimum absolute atomic E-state index is 0.103. The van der Waals surface area contributed by atoms with Crippen LogP contribution in [0.4, 0.5) is 5.69 Å². The molecular formula is C15H17BrN2O2. The summed E-state index contributed by atoms with van der Waals surface area (Å²) in [4.78, 5) is 13.8. The van der Waals surface area contributed by atoms with E-state index in [1.165, 1.54) is 5.57 Å². The molecule has 0 spiro atoms. The first-order valence-corrected chi connectivity index (χ1v) is 7.43.